The Kier molecular flexibility index (Phi) is 3.83. The Morgan fingerprint density at radius 1 is 1.14 bits per heavy atom. The third kappa shape index (κ3) is 3.38. The van der Waals surface area contributed by atoms with E-state index in [2.05, 4.69) is 21.7 Å². The van der Waals surface area contributed by atoms with Gasteiger partial charge in [0.1, 0.15) is 0 Å². The van der Waals surface area contributed by atoms with Gasteiger partial charge in [0, 0.05) is 19.2 Å². The van der Waals surface area contributed by atoms with Crippen LogP contribution < -0.4 is 10.6 Å². The molecule has 0 bridgehead atoms. The van der Waals surface area contributed by atoms with Crippen LogP contribution in [0.1, 0.15) is 12.5 Å². The van der Waals surface area contributed by atoms with Crippen LogP contribution in [0.3, 0.4) is 0 Å². The number of thiazole rings is 1. The molecule has 2 aromatic carbocycles. The van der Waals surface area contributed by atoms with Crippen molar-refractivity contribution in [1.82, 2.24) is 4.98 Å². The fraction of sp³-hybridized carbons (Fsp3) is 0.125. The molecule has 0 saturated heterocycles. The first-order chi connectivity index (χ1) is 10.2. The number of fused-ring (bicyclic) bond motifs is 1. The molecule has 0 aliphatic rings. The summed E-state index contributed by atoms with van der Waals surface area (Å²) in [6, 6.07) is 15.9. The summed E-state index contributed by atoms with van der Waals surface area (Å²) in [5.74, 6) is -0.0599. The van der Waals surface area contributed by atoms with Gasteiger partial charge in [-0.1, -0.05) is 35.6 Å². The molecule has 1 amide bonds. The van der Waals surface area contributed by atoms with Gasteiger partial charge < -0.3 is 10.6 Å². The van der Waals surface area contributed by atoms with Gasteiger partial charge in [0.05, 0.1) is 10.2 Å². The van der Waals surface area contributed by atoms with Gasteiger partial charge in [-0.05, 0) is 29.8 Å². The van der Waals surface area contributed by atoms with Gasteiger partial charge in [0.15, 0.2) is 5.13 Å². The minimum atomic E-state index is -0.0599. The fourth-order valence-electron chi connectivity index (χ4n) is 2.03. The molecule has 1 heterocycles. The van der Waals surface area contributed by atoms with E-state index in [4.69, 9.17) is 0 Å². The Labute approximate surface area is 126 Å². The molecule has 0 spiro atoms. The van der Waals surface area contributed by atoms with E-state index in [1.54, 1.807) is 11.3 Å². The molecular formula is C16H15N3OS. The molecule has 0 fully saturated rings. The number of carbonyl (C=O) groups is 1. The SMILES string of the molecule is CC(=O)Nc1ccc(CNc2nc3ccccc3s2)cc1. The maximum atomic E-state index is 11.0. The maximum absolute atomic E-state index is 11.0. The minimum Gasteiger partial charge on any atom is -0.357 e. The van der Waals surface area contributed by atoms with Crippen LogP contribution in [0, 0.1) is 0 Å². The second-order valence-electron chi connectivity index (χ2n) is 4.72. The summed E-state index contributed by atoms with van der Waals surface area (Å²) in [5.41, 5.74) is 2.97. The lowest BCUT2D eigenvalue weighted by molar-refractivity contribution is -0.114. The summed E-state index contributed by atoms with van der Waals surface area (Å²) in [6.07, 6.45) is 0. The third-order valence-electron chi connectivity index (χ3n) is 3.01. The summed E-state index contributed by atoms with van der Waals surface area (Å²) >= 11 is 1.65. The zero-order valence-corrected chi connectivity index (χ0v) is 12.4. The normalized spacial score (nSPS) is 10.5. The summed E-state index contributed by atoms with van der Waals surface area (Å²) in [4.78, 5) is 15.5. The number of carbonyl (C=O) groups excluding carboxylic acids is 1. The molecule has 0 unspecified atom stereocenters. The lowest BCUT2D eigenvalue weighted by Crippen LogP contribution is -2.05. The number of nitrogens with zero attached hydrogens (tertiary/aromatic N) is 1. The van der Waals surface area contributed by atoms with E-state index in [9.17, 15) is 4.79 Å². The standard InChI is InChI=1S/C16H15N3OS/c1-11(20)18-13-8-6-12(7-9-13)10-17-16-19-14-4-2-3-5-15(14)21-16/h2-9H,10H2,1H3,(H,17,19)(H,18,20). The Morgan fingerprint density at radius 2 is 1.90 bits per heavy atom. The van der Waals surface area contributed by atoms with E-state index in [1.807, 2.05) is 42.5 Å². The van der Waals surface area contributed by atoms with Crippen LogP contribution in [0.15, 0.2) is 48.5 Å². The molecule has 1 aromatic heterocycles. The molecule has 0 radical (unpaired) electrons. The van der Waals surface area contributed by atoms with Crippen LogP contribution in [0.2, 0.25) is 0 Å². The van der Waals surface area contributed by atoms with Gasteiger partial charge >= 0.3 is 0 Å². The fourth-order valence-corrected chi connectivity index (χ4v) is 2.90. The summed E-state index contributed by atoms with van der Waals surface area (Å²) < 4.78 is 1.18. The van der Waals surface area contributed by atoms with E-state index in [-0.39, 0.29) is 5.91 Å². The molecule has 21 heavy (non-hydrogen) atoms. The smallest absolute Gasteiger partial charge is 0.221 e. The van der Waals surface area contributed by atoms with Gasteiger partial charge in [-0.25, -0.2) is 4.98 Å². The number of aromatic nitrogens is 1. The molecule has 2 N–H and O–H groups in total. The Morgan fingerprint density at radius 3 is 2.62 bits per heavy atom. The summed E-state index contributed by atoms with van der Waals surface area (Å²) in [6.45, 7) is 2.21. The van der Waals surface area contributed by atoms with Crippen molar-refractivity contribution in [3.63, 3.8) is 0 Å². The first-order valence-electron chi connectivity index (χ1n) is 6.67. The molecule has 0 aliphatic heterocycles. The average molecular weight is 297 g/mol. The third-order valence-corrected chi connectivity index (χ3v) is 4.01. The van der Waals surface area contributed by atoms with Crippen molar-refractivity contribution in [3.05, 3.63) is 54.1 Å². The number of benzene rings is 2. The summed E-state index contributed by atoms with van der Waals surface area (Å²) in [5, 5.41) is 7.00. The number of anilines is 2. The Bertz CT molecular complexity index is 732. The van der Waals surface area contributed by atoms with Crippen LogP contribution in [-0.4, -0.2) is 10.9 Å². The van der Waals surface area contributed by atoms with E-state index >= 15 is 0 Å². The zero-order chi connectivity index (χ0) is 14.7. The first-order valence-corrected chi connectivity index (χ1v) is 7.48. The van der Waals surface area contributed by atoms with E-state index in [0.717, 1.165) is 21.9 Å². The van der Waals surface area contributed by atoms with Gasteiger partial charge in [0.25, 0.3) is 0 Å². The highest BCUT2D eigenvalue weighted by molar-refractivity contribution is 7.22. The highest BCUT2D eigenvalue weighted by atomic mass is 32.1. The maximum Gasteiger partial charge on any atom is 0.221 e. The van der Waals surface area contributed by atoms with E-state index in [0.29, 0.717) is 6.54 Å². The van der Waals surface area contributed by atoms with Crippen molar-refractivity contribution >= 4 is 38.3 Å². The molecule has 0 atom stereocenters. The van der Waals surface area contributed by atoms with Crippen molar-refractivity contribution in [2.45, 2.75) is 13.5 Å². The molecule has 0 aliphatic carbocycles. The molecule has 3 aromatic rings. The topological polar surface area (TPSA) is 54.0 Å². The number of rotatable bonds is 4. The molecule has 0 saturated carbocycles. The van der Waals surface area contributed by atoms with Crippen molar-refractivity contribution in [2.24, 2.45) is 0 Å². The zero-order valence-electron chi connectivity index (χ0n) is 11.6. The first kappa shape index (κ1) is 13.6. The van der Waals surface area contributed by atoms with Crippen LogP contribution in [-0.2, 0) is 11.3 Å². The second kappa shape index (κ2) is 5.93. The molecule has 5 heteroatoms. The molecule has 4 nitrogen and oxygen atoms in total. The van der Waals surface area contributed by atoms with Crippen molar-refractivity contribution in [2.75, 3.05) is 10.6 Å². The summed E-state index contributed by atoms with van der Waals surface area (Å²) in [7, 11) is 0. The monoisotopic (exact) mass is 297 g/mol. The lowest BCUT2D eigenvalue weighted by Gasteiger charge is -2.05. The van der Waals surface area contributed by atoms with Gasteiger partial charge in [-0.15, -0.1) is 0 Å². The highest BCUT2D eigenvalue weighted by Gasteiger charge is 2.02. The van der Waals surface area contributed by atoms with Crippen LogP contribution in [0.5, 0.6) is 0 Å². The number of hydrogen-bond acceptors (Lipinski definition) is 4. The Hall–Kier alpha value is -2.40. The van der Waals surface area contributed by atoms with Crippen LogP contribution >= 0.6 is 11.3 Å². The molecule has 3 rings (SSSR count). The van der Waals surface area contributed by atoms with Crippen molar-refractivity contribution < 1.29 is 4.79 Å². The highest BCUT2D eigenvalue weighted by Crippen LogP contribution is 2.25. The quantitative estimate of drug-likeness (QED) is 0.768. The average Bonchev–Trinajstić information content (AvgIpc) is 2.89. The van der Waals surface area contributed by atoms with Crippen LogP contribution in [0.25, 0.3) is 10.2 Å². The largest absolute Gasteiger partial charge is 0.357 e. The molecule has 106 valence electrons. The number of amides is 1. The Balaban J connectivity index is 1.65. The number of para-hydroxylation sites is 1. The van der Waals surface area contributed by atoms with E-state index < -0.39 is 0 Å². The predicted octanol–water partition coefficient (Wildman–Crippen LogP) is 3.87. The minimum absolute atomic E-state index is 0.0599. The predicted molar refractivity (Wildman–Crippen MR) is 87.7 cm³/mol. The molecular weight excluding hydrogens is 282 g/mol. The number of hydrogen-bond donors (Lipinski definition) is 2. The van der Waals surface area contributed by atoms with Crippen molar-refractivity contribution in [1.29, 1.82) is 0 Å². The van der Waals surface area contributed by atoms with Crippen molar-refractivity contribution in [3.8, 4) is 0 Å². The lowest BCUT2D eigenvalue weighted by atomic mass is 10.2. The van der Waals surface area contributed by atoms with Gasteiger partial charge in [-0.3, -0.25) is 4.79 Å². The number of nitrogens with one attached hydrogen (secondary N) is 2. The van der Waals surface area contributed by atoms with Crippen LogP contribution in [0.4, 0.5) is 10.8 Å². The second-order valence-corrected chi connectivity index (χ2v) is 5.75. The van der Waals surface area contributed by atoms with E-state index in [1.165, 1.54) is 11.6 Å². The van der Waals surface area contributed by atoms with Gasteiger partial charge in [0.2, 0.25) is 5.91 Å². The van der Waals surface area contributed by atoms with Gasteiger partial charge in [-0.2, -0.15) is 0 Å².